The molecule has 1 aromatic carbocycles. The Bertz CT molecular complexity index is 559. The molecule has 1 aliphatic heterocycles. The smallest absolute Gasteiger partial charge is 0.300 e. The molecule has 7 heteroatoms. The van der Waals surface area contributed by atoms with Crippen LogP contribution in [0.1, 0.15) is 24.2 Å². The number of nitro groups is 1. The number of nitro benzene ring substituents is 1. The van der Waals surface area contributed by atoms with Gasteiger partial charge in [0.2, 0.25) is 0 Å². The Hall–Kier alpha value is -1.66. The molecule has 1 aromatic rings. The summed E-state index contributed by atoms with van der Waals surface area (Å²) in [5, 5.41) is 11.1. The summed E-state index contributed by atoms with van der Waals surface area (Å²) in [6.45, 7) is 4.94. The third-order valence-electron chi connectivity index (χ3n) is 3.29. The van der Waals surface area contributed by atoms with Gasteiger partial charge in [-0.3, -0.25) is 14.9 Å². The standard InChI is InChI=1S/C13H15ClN2O4/c1-13(2)8-20-7-6-15(13)12(17)9-4-3-5-10(14)11(9)16(18)19/h3-5H,6-8H2,1-2H3. The minimum Gasteiger partial charge on any atom is -0.377 e. The zero-order valence-electron chi connectivity index (χ0n) is 11.3. The number of carbonyl (C=O) groups excluding carboxylic acids is 1. The van der Waals surface area contributed by atoms with Crippen LogP contribution in [0, 0.1) is 10.1 Å². The average Bonchev–Trinajstić information content (AvgIpc) is 2.36. The van der Waals surface area contributed by atoms with E-state index in [-0.39, 0.29) is 16.3 Å². The average molecular weight is 299 g/mol. The zero-order chi connectivity index (χ0) is 14.9. The van der Waals surface area contributed by atoms with E-state index in [4.69, 9.17) is 16.3 Å². The van der Waals surface area contributed by atoms with Gasteiger partial charge in [0, 0.05) is 6.54 Å². The van der Waals surface area contributed by atoms with Crippen LogP contribution < -0.4 is 0 Å². The molecule has 6 nitrogen and oxygen atoms in total. The Morgan fingerprint density at radius 1 is 1.50 bits per heavy atom. The number of rotatable bonds is 2. The topological polar surface area (TPSA) is 72.7 Å². The molecule has 20 heavy (non-hydrogen) atoms. The van der Waals surface area contributed by atoms with Crippen LogP contribution in [0.15, 0.2) is 18.2 Å². The molecule has 1 fully saturated rings. The van der Waals surface area contributed by atoms with Crippen LogP contribution in [-0.4, -0.2) is 41.0 Å². The highest BCUT2D eigenvalue weighted by atomic mass is 35.5. The second-order valence-corrected chi connectivity index (χ2v) is 5.62. The third kappa shape index (κ3) is 2.62. The summed E-state index contributed by atoms with van der Waals surface area (Å²) in [7, 11) is 0. The first-order valence-electron chi connectivity index (χ1n) is 6.17. The number of carbonyl (C=O) groups is 1. The van der Waals surface area contributed by atoms with Gasteiger partial charge in [0.05, 0.1) is 23.7 Å². The van der Waals surface area contributed by atoms with E-state index in [9.17, 15) is 14.9 Å². The largest absolute Gasteiger partial charge is 0.377 e. The van der Waals surface area contributed by atoms with Crippen LogP contribution in [0.4, 0.5) is 5.69 Å². The molecule has 0 spiro atoms. The van der Waals surface area contributed by atoms with Crippen molar-refractivity contribution in [3.05, 3.63) is 38.9 Å². The Morgan fingerprint density at radius 2 is 2.20 bits per heavy atom. The molecule has 1 heterocycles. The summed E-state index contributed by atoms with van der Waals surface area (Å²) < 4.78 is 5.35. The Balaban J connectivity index is 2.44. The van der Waals surface area contributed by atoms with Crippen LogP contribution in [0.3, 0.4) is 0 Å². The first-order chi connectivity index (χ1) is 9.34. The van der Waals surface area contributed by atoms with Gasteiger partial charge in [0.15, 0.2) is 0 Å². The number of nitrogens with zero attached hydrogens (tertiary/aromatic N) is 2. The van der Waals surface area contributed by atoms with Gasteiger partial charge in [-0.25, -0.2) is 0 Å². The summed E-state index contributed by atoms with van der Waals surface area (Å²) in [6, 6.07) is 4.37. The van der Waals surface area contributed by atoms with Gasteiger partial charge in [0.1, 0.15) is 10.6 Å². The molecule has 0 aromatic heterocycles. The van der Waals surface area contributed by atoms with Crippen molar-refractivity contribution in [2.75, 3.05) is 19.8 Å². The van der Waals surface area contributed by atoms with Gasteiger partial charge in [-0.15, -0.1) is 0 Å². The fourth-order valence-electron chi connectivity index (χ4n) is 2.25. The lowest BCUT2D eigenvalue weighted by Gasteiger charge is -2.42. The highest BCUT2D eigenvalue weighted by molar-refractivity contribution is 6.33. The quantitative estimate of drug-likeness (QED) is 0.621. The molecule has 0 atom stereocenters. The Kier molecular flexibility index (Phi) is 3.96. The van der Waals surface area contributed by atoms with Crippen molar-refractivity contribution < 1.29 is 14.5 Å². The van der Waals surface area contributed by atoms with Crippen molar-refractivity contribution in [3.63, 3.8) is 0 Å². The number of morpholine rings is 1. The zero-order valence-corrected chi connectivity index (χ0v) is 12.0. The van der Waals surface area contributed by atoms with Crippen LogP contribution in [0.5, 0.6) is 0 Å². The van der Waals surface area contributed by atoms with Crippen molar-refractivity contribution >= 4 is 23.2 Å². The second-order valence-electron chi connectivity index (χ2n) is 5.21. The number of ether oxygens (including phenoxy) is 1. The van der Waals surface area contributed by atoms with Gasteiger partial charge in [-0.2, -0.15) is 0 Å². The lowest BCUT2D eigenvalue weighted by molar-refractivity contribution is -0.385. The van der Waals surface area contributed by atoms with Gasteiger partial charge in [-0.1, -0.05) is 17.7 Å². The minimum absolute atomic E-state index is 0.0116. The maximum Gasteiger partial charge on any atom is 0.300 e. The number of hydrogen-bond donors (Lipinski definition) is 0. The first kappa shape index (κ1) is 14.7. The summed E-state index contributed by atoms with van der Waals surface area (Å²) in [5.41, 5.74) is -0.843. The Morgan fingerprint density at radius 3 is 2.80 bits per heavy atom. The van der Waals surface area contributed by atoms with Gasteiger partial charge in [-0.05, 0) is 26.0 Å². The minimum atomic E-state index is -0.622. The van der Waals surface area contributed by atoms with Crippen LogP contribution >= 0.6 is 11.6 Å². The van der Waals surface area contributed by atoms with E-state index in [1.807, 2.05) is 13.8 Å². The van der Waals surface area contributed by atoms with E-state index in [2.05, 4.69) is 0 Å². The molecule has 2 rings (SSSR count). The van der Waals surface area contributed by atoms with Crippen molar-refractivity contribution in [2.24, 2.45) is 0 Å². The summed E-state index contributed by atoms with van der Waals surface area (Å²) >= 11 is 5.84. The van der Waals surface area contributed by atoms with Crippen LogP contribution in [-0.2, 0) is 4.74 Å². The Labute approximate surface area is 121 Å². The van der Waals surface area contributed by atoms with E-state index in [0.29, 0.717) is 19.8 Å². The molecule has 0 unspecified atom stereocenters. The van der Waals surface area contributed by atoms with Crippen molar-refractivity contribution in [1.82, 2.24) is 4.90 Å². The third-order valence-corrected chi connectivity index (χ3v) is 3.60. The SMILES string of the molecule is CC1(C)COCCN1C(=O)c1cccc(Cl)c1[N+](=O)[O-]. The van der Waals surface area contributed by atoms with E-state index in [1.54, 1.807) is 4.90 Å². The van der Waals surface area contributed by atoms with Gasteiger partial charge in [0.25, 0.3) is 5.91 Å². The maximum absolute atomic E-state index is 12.6. The maximum atomic E-state index is 12.6. The molecule has 0 N–H and O–H groups in total. The molecule has 0 bridgehead atoms. The van der Waals surface area contributed by atoms with E-state index < -0.39 is 16.4 Å². The summed E-state index contributed by atoms with van der Waals surface area (Å²) in [5.74, 6) is -0.396. The summed E-state index contributed by atoms with van der Waals surface area (Å²) in [6.07, 6.45) is 0. The lowest BCUT2D eigenvalue weighted by Crippen LogP contribution is -2.55. The fraction of sp³-hybridized carbons (Fsp3) is 0.462. The predicted molar refractivity (Wildman–Crippen MR) is 74.0 cm³/mol. The number of halogens is 1. The van der Waals surface area contributed by atoms with Gasteiger partial charge < -0.3 is 9.64 Å². The van der Waals surface area contributed by atoms with Crippen LogP contribution in [0.25, 0.3) is 0 Å². The highest BCUT2D eigenvalue weighted by Crippen LogP contribution is 2.31. The number of amides is 1. The fourth-order valence-corrected chi connectivity index (χ4v) is 2.50. The lowest BCUT2D eigenvalue weighted by atomic mass is 10.0. The predicted octanol–water partition coefficient (Wildman–Crippen LogP) is 2.50. The molecule has 0 radical (unpaired) electrons. The number of hydrogen-bond acceptors (Lipinski definition) is 4. The molecular weight excluding hydrogens is 284 g/mol. The first-order valence-corrected chi connectivity index (χ1v) is 6.55. The number of benzene rings is 1. The molecule has 1 saturated heterocycles. The molecule has 0 aliphatic carbocycles. The summed E-state index contributed by atoms with van der Waals surface area (Å²) in [4.78, 5) is 24.7. The molecule has 1 aliphatic rings. The molecule has 0 saturated carbocycles. The van der Waals surface area contributed by atoms with E-state index >= 15 is 0 Å². The monoisotopic (exact) mass is 298 g/mol. The molecule has 108 valence electrons. The van der Waals surface area contributed by atoms with Crippen molar-refractivity contribution in [2.45, 2.75) is 19.4 Å². The van der Waals surface area contributed by atoms with Crippen molar-refractivity contribution in [1.29, 1.82) is 0 Å². The van der Waals surface area contributed by atoms with E-state index in [1.165, 1.54) is 18.2 Å². The van der Waals surface area contributed by atoms with Gasteiger partial charge >= 0.3 is 5.69 Å². The van der Waals surface area contributed by atoms with E-state index in [0.717, 1.165) is 0 Å². The van der Waals surface area contributed by atoms with Crippen LogP contribution in [0.2, 0.25) is 5.02 Å². The highest BCUT2D eigenvalue weighted by Gasteiger charge is 2.37. The second kappa shape index (κ2) is 5.38. The molecule has 1 amide bonds. The molecular formula is C13H15ClN2O4. The van der Waals surface area contributed by atoms with Crippen molar-refractivity contribution in [3.8, 4) is 0 Å². The number of para-hydroxylation sites is 1. The normalized spacial score (nSPS) is 17.9.